The van der Waals surface area contributed by atoms with Crippen LogP contribution in [-0.2, 0) is 32.7 Å². The summed E-state index contributed by atoms with van der Waals surface area (Å²) in [6.45, 7) is 2.25. The van der Waals surface area contributed by atoms with E-state index >= 15 is 0 Å². The number of hydrogen-bond donors (Lipinski definition) is 3. The van der Waals surface area contributed by atoms with E-state index in [1.807, 2.05) is 0 Å². The zero-order chi connectivity index (χ0) is 40.5. The van der Waals surface area contributed by atoms with E-state index in [0.717, 1.165) is 38.5 Å². The molecule has 0 heterocycles. The highest BCUT2D eigenvalue weighted by molar-refractivity contribution is 7.47. The lowest BCUT2D eigenvalue weighted by Crippen LogP contribution is -2.28. The maximum absolute atomic E-state index is 12.4. The Hall–Kier alpha value is -1.03. The molecule has 3 N–H and O–H groups in total. The Morgan fingerprint density at radius 3 is 0.855 bits per heavy atom. The highest BCUT2D eigenvalue weighted by Gasteiger charge is 2.27. The van der Waals surface area contributed by atoms with Crippen molar-refractivity contribution in [3.63, 3.8) is 0 Å². The second-order valence-corrected chi connectivity index (χ2v) is 17.2. The number of unbranched alkanes of at least 4 members (excludes halogenated alkanes) is 30. The van der Waals surface area contributed by atoms with Crippen molar-refractivity contribution in [1.29, 1.82) is 0 Å². The number of aliphatic hydroxyl groups excluding tert-OH is 2. The molecule has 0 spiro atoms. The van der Waals surface area contributed by atoms with Gasteiger partial charge in [-0.25, -0.2) is 4.57 Å². The molecule has 3 unspecified atom stereocenters. The average Bonchev–Trinajstić information content (AvgIpc) is 3.17. The normalized spacial score (nSPS) is 13.8. The molecule has 3 atom stereocenters. The molecule has 0 amide bonds. The zero-order valence-electron chi connectivity index (χ0n) is 35.7. The molecule has 10 nitrogen and oxygen atoms in total. The lowest BCUT2D eigenvalue weighted by atomic mass is 10.0. The third kappa shape index (κ3) is 39.6. The van der Waals surface area contributed by atoms with Gasteiger partial charge in [-0.05, 0) is 12.8 Å². The first-order chi connectivity index (χ1) is 26.8. The van der Waals surface area contributed by atoms with Gasteiger partial charge >= 0.3 is 19.8 Å². The summed E-state index contributed by atoms with van der Waals surface area (Å²) in [4.78, 5) is 34.5. The molecule has 0 saturated carbocycles. The van der Waals surface area contributed by atoms with Gasteiger partial charge in [0.25, 0.3) is 0 Å². The summed E-state index contributed by atoms with van der Waals surface area (Å²) in [6, 6.07) is 0. The SMILES string of the molecule is CCCCCCCCCCCCCCCCCCCCCCC(=O)OC(CO)COP(=O)(O)OCC(CO)OC(=O)CCCCCCCCCCCCCC. The molecule has 55 heavy (non-hydrogen) atoms. The van der Waals surface area contributed by atoms with Gasteiger partial charge in [-0.1, -0.05) is 206 Å². The molecule has 0 aliphatic carbocycles. The molecule has 0 aromatic rings. The number of hydrogen-bond acceptors (Lipinski definition) is 9. The molecule has 328 valence electrons. The lowest BCUT2D eigenvalue weighted by Gasteiger charge is -2.20. The summed E-state index contributed by atoms with van der Waals surface area (Å²) in [5.41, 5.74) is 0. The number of phosphoric ester groups is 1. The third-order valence-corrected chi connectivity index (χ3v) is 11.3. The van der Waals surface area contributed by atoms with Crippen molar-refractivity contribution in [2.75, 3.05) is 26.4 Å². The molecule has 0 aliphatic heterocycles. The minimum Gasteiger partial charge on any atom is -0.457 e. The van der Waals surface area contributed by atoms with Crippen LogP contribution in [0.15, 0.2) is 0 Å². The van der Waals surface area contributed by atoms with Crippen molar-refractivity contribution in [2.45, 2.75) is 244 Å². The van der Waals surface area contributed by atoms with Crippen molar-refractivity contribution in [2.24, 2.45) is 0 Å². The van der Waals surface area contributed by atoms with E-state index in [9.17, 15) is 29.3 Å². The second-order valence-electron chi connectivity index (χ2n) is 15.8. The van der Waals surface area contributed by atoms with Gasteiger partial charge in [0.15, 0.2) is 0 Å². The fraction of sp³-hybridized carbons (Fsp3) is 0.955. The van der Waals surface area contributed by atoms with Crippen LogP contribution in [0.1, 0.15) is 232 Å². The number of carbonyl (C=O) groups is 2. The smallest absolute Gasteiger partial charge is 0.457 e. The summed E-state index contributed by atoms with van der Waals surface area (Å²) >= 11 is 0. The Balaban J connectivity index is 3.82. The Labute approximate surface area is 337 Å². The standard InChI is InChI=1S/C44H87O10P/c1-3-5-7-9-11-13-15-17-18-19-20-21-22-23-24-26-28-30-32-34-36-44(48)54-42(38-46)40-52-55(49,50)51-39-41(37-45)53-43(47)35-33-31-29-27-25-16-14-12-10-8-6-4-2/h41-42,45-46H,3-40H2,1-2H3,(H,49,50). The molecule has 0 fully saturated rings. The van der Waals surface area contributed by atoms with Crippen LogP contribution < -0.4 is 0 Å². The van der Waals surface area contributed by atoms with E-state index in [2.05, 4.69) is 13.8 Å². The Morgan fingerprint density at radius 1 is 0.418 bits per heavy atom. The Kier molecular flexibility index (Phi) is 40.4. The average molecular weight is 807 g/mol. The molecule has 0 bridgehead atoms. The molecule has 0 aliphatic rings. The van der Waals surface area contributed by atoms with E-state index in [1.165, 1.54) is 154 Å². The number of aliphatic hydroxyl groups is 2. The molecular weight excluding hydrogens is 719 g/mol. The van der Waals surface area contributed by atoms with Gasteiger partial charge in [0, 0.05) is 12.8 Å². The molecule has 0 saturated heterocycles. The van der Waals surface area contributed by atoms with Crippen LogP contribution in [0.5, 0.6) is 0 Å². The van der Waals surface area contributed by atoms with Crippen LogP contribution in [0.2, 0.25) is 0 Å². The number of esters is 2. The number of ether oxygens (including phenoxy) is 2. The fourth-order valence-electron chi connectivity index (χ4n) is 6.76. The topological polar surface area (TPSA) is 149 Å². The van der Waals surface area contributed by atoms with Crippen LogP contribution >= 0.6 is 7.82 Å². The van der Waals surface area contributed by atoms with Gasteiger partial charge in [-0.3, -0.25) is 18.6 Å². The van der Waals surface area contributed by atoms with E-state index in [1.54, 1.807) is 0 Å². The van der Waals surface area contributed by atoms with Crippen molar-refractivity contribution < 1.29 is 47.8 Å². The summed E-state index contributed by atoms with van der Waals surface area (Å²) in [6.07, 6.45) is 37.9. The zero-order valence-corrected chi connectivity index (χ0v) is 36.6. The Bertz CT molecular complexity index is 889. The van der Waals surface area contributed by atoms with Gasteiger partial charge < -0.3 is 24.6 Å². The monoisotopic (exact) mass is 807 g/mol. The van der Waals surface area contributed by atoms with Crippen LogP contribution in [-0.4, -0.2) is 65.7 Å². The Morgan fingerprint density at radius 2 is 0.636 bits per heavy atom. The summed E-state index contributed by atoms with van der Waals surface area (Å²) in [7, 11) is -4.63. The van der Waals surface area contributed by atoms with Crippen LogP contribution in [0, 0.1) is 0 Å². The first kappa shape index (κ1) is 54.0. The highest BCUT2D eigenvalue weighted by Crippen LogP contribution is 2.43. The second kappa shape index (κ2) is 41.1. The van der Waals surface area contributed by atoms with E-state index in [-0.39, 0.29) is 12.8 Å². The maximum Gasteiger partial charge on any atom is 0.472 e. The molecule has 0 rings (SSSR count). The quantitative estimate of drug-likeness (QED) is 0.0308. The van der Waals surface area contributed by atoms with Gasteiger partial charge in [-0.15, -0.1) is 0 Å². The van der Waals surface area contributed by atoms with Gasteiger partial charge in [-0.2, -0.15) is 0 Å². The minimum atomic E-state index is -4.63. The van der Waals surface area contributed by atoms with E-state index in [0.29, 0.717) is 12.8 Å². The van der Waals surface area contributed by atoms with Gasteiger partial charge in [0.05, 0.1) is 26.4 Å². The van der Waals surface area contributed by atoms with Crippen molar-refractivity contribution >= 4 is 19.8 Å². The first-order valence-corrected chi connectivity index (χ1v) is 24.5. The lowest BCUT2D eigenvalue weighted by molar-refractivity contribution is -0.153. The molecule has 0 radical (unpaired) electrons. The van der Waals surface area contributed by atoms with Crippen LogP contribution in [0.4, 0.5) is 0 Å². The summed E-state index contributed by atoms with van der Waals surface area (Å²) in [5, 5.41) is 19.2. The van der Waals surface area contributed by atoms with Crippen molar-refractivity contribution in [1.82, 2.24) is 0 Å². The largest absolute Gasteiger partial charge is 0.472 e. The van der Waals surface area contributed by atoms with Gasteiger partial charge in [0.1, 0.15) is 12.2 Å². The fourth-order valence-corrected chi connectivity index (χ4v) is 7.55. The van der Waals surface area contributed by atoms with Crippen LogP contribution in [0.3, 0.4) is 0 Å². The molecular formula is C44H87O10P. The summed E-state index contributed by atoms with van der Waals surface area (Å²) in [5.74, 6) is -1.00. The van der Waals surface area contributed by atoms with Gasteiger partial charge in [0.2, 0.25) is 0 Å². The number of phosphoric acid groups is 1. The summed E-state index contributed by atoms with van der Waals surface area (Å²) < 4.78 is 32.6. The molecule has 0 aromatic heterocycles. The number of rotatable bonds is 44. The predicted octanol–water partition coefficient (Wildman–Crippen LogP) is 12.2. The van der Waals surface area contributed by atoms with Crippen molar-refractivity contribution in [3.05, 3.63) is 0 Å². The number of carbonyl (C=O) groups excluding carboxylic acids is 2. The first-order valence-electron chi connectivity index (χ1n) is 23.0. The van der Waals surface area contributed by atoms with Crippen molar-refractivity contribution in [3.8, 4) is 0 Å². The van der Waals surface area contributed by atoms with E-state index in [4.69, 9.17) is 18.5 Å². The molecule has 0 aromatic carbocycles. The predicted molar refractivity (Wildman–Crippen MR) is 224 cm³/mol. The van der Waals surface area contributed by atoms with E-state index < -0.39 is 58.4 Å². The highest BCUT2D eigenvalue weighted by atomic mass is 31.2. The third-order valence-electron chi connectivity index (χ3n) is 10.3. The minimum absolute atomic E-state index is 0.199. The van der Waals surface area contributed by atoms with Crippen LogP contribution in [0.25, 0.3) is 0 Å². The maximum atomic E-state index is 12.4. The molecule has 11 heteroatoms.